The van der Waals surface area contributed by atoms with Gasteiger partial charge in [-0.25, -0.2) is 4.98 Å². The van der Waals surface area contributed by atoms with Crippen molar-refractivity contribution in [1.82, 2.24) is 9.97 Å². The van der Waals surface area contributed by atoms with Crippen LogP contribution in [0.5, 0.6) is 0 Å². The Bertz CT molecular complexity index is 933. The Labute approximate surface area is 173 Å². The predicted molar refractivity (Wildman–Crippen MR) is 121 cm³/mol. The normalized spacial score (nSPS) is 14.1. The standard InChI is InChI=1S/C24H29N5/c1-19-7-6-10-22(20(19)2)28-15-17-29(18-16-28)24-26-14-12-23(27-24)25-13-11-21-8-4-3-5-9-21/h3-10,12,14H,11,13,15-18H2,1-2H3,(H,25,26,27). The van der Waals surface area contributed by atoms with Gasteiger partial charge in [-0.1, -0.05) is 42.5 Å². The molecule has 2 aromatic carbocycles. The fourth-order valence-electron chi connectivity index (χ4n) is 3.80. The van der Waals surface area contributed by atoms with Crippen LogP contribution in [0, 0.1) is 13.8 Å². The van der Waals surface area contributed by atoms with E-state index in [-0.39, 0.29) is 0 Å². The van der Waals surface area contributed by atoms with Crippen molar-refractivity contribution in [3.8, 4) is 0 Å². The largest absolute Gasteiger partial charge is 0.370 e. The summed E-state index contributed by atoms with van der Waals surface area (Å²) in [5.41, 5.74) is 5.41. The van der Waals surface area contributed by atoms with Crippen LogP contribution in [0.15, 0.2) is 60.8 Å². The number of rotatable bonds is 6. The molecule has 0 aliphatic carbocycles. The topological polar surface area (TPSA) is 44.3 Å². The molecule has 29 heavy (non-hydrogen) atoms. The minimum absolute atomic E-state index is 0.815. The maximum absolute atomic E-state index is 4.74. The first kappa shape index (κ1) is 19.2. The number of hydrogen-bond acceptors (Lipinski definition) is 5. The molecule has 1 fully saturated rings. The summed E-state index contributed by atoms with van der Waals surface area (Å²) in [6, 6.07) is 19.0. The molecular formula is C24H29N5. The molecule has 1 aliphatic rings. The van der Waals surface area contributed by atoms with Gasteiger partial charge in [-0.3, -0.25) is 0 Å². The number of nitrogens with one attached hydrogen (secondary N) is 1. The minimum Gasteiger partial charge on any atom is -0.370 e. The number of hydrogen-bond donors (Lipinski definition) is 1. The molecular weight excluding hydrogens is 358 g/mol. The Hall–Kier alpha value is -3.08. The summed E-state index contributed by atoms with van der Waals surface area (Å²) in [4.78, 5) is 14.0. The van der Waals surface area contributed by atoms with Crippen molar-refractivity contribution in [3.63, 3.8) is 0 Å². The van der Waals surface area contributed by atoms with E-state index in [4.69, 9.17) is 4.98 Å². The lowest BCUT2D eigenvalue weighted by Gasteiger charge is -2.37. The fourth-order valence-corrected chi connectivity index (χ4v) is 3.80. The number of nitrogens with zero attached hydrogens (tertiary/aromatic N) is 4. The molecule has 0 unspecified atom stereocenters. The van der Waals surface area contributed by atoms with Gasteiger partial charge < -0.3 is 15.1 Å². The van der Waals surface area contributed by atoms with Crippen molar-refractivity contribution in [2.45, 2.75) is 20.3 Å². The highest BCUT2D eigenvalue weighted by Gasteiger charge is 2.20. The van der Waals surface area contributed by atoms with Crippen LogP contribution in [0.2, 0.25) is 0 Å². The van der Waals surface area contributed by atoms with Gasteiger partial charge in [0.05, 0.1) is 0 Å². The Balaban J connectivity index is 1.34. The van der Waals surface area contributed by atoms with Crippen molar-refractivity contribution >= 4 is 17.5 Å². The van der Waals surface area contributed by atoms with E-state index in [0.717, 1.165) is 50.9 Å². The molecule has 4 rings (SSSR count). The number of aromatic nitrogens is 2. The Morgan fingerprint density at radius 1 is 0.862 bits per heavy atom. The van der Waals surface area contributed by atoms with Crippen LogP contribution in [0.25, 0.3) is 0 Å². The van der Waals surface area contributed by atoms with Crippen molar-refractivity contribution in [1.29, 1.82) is 0 Å². The molecule has 1 N–H and O–H groups in total. The molecule has 1 saturated heterocycles. The summed E-state index contributed by atoms with van der Waals surface area (Å²) in [5.74, 6) is 1.71. The molecule has 0 spiro atoms. The summed E-state index contributed by atoms with van der Waals surface area (Å²) in [6.45, 7) is 9.09. The van der Waals surface area contributed by atoms with E-state index in [1.54, 1.807) is 0 Å². The Morgan fingerprint density at radius 2 is 1.62 bits per heavy atom. The third kappa shape index (κ3) is 4.67. The monoisotopic (exact) mass is 387 g/mol. The maximum atomic E-state index is 4.74. The third-order valence-electron chi connectivity index (χ3n) is 5.68. The van der Waals surface area contributed by atoms with Crippen LogP contribution in [0.3, 0.4) is 0 Å². The van der Waals surface area contributed by atoms with E-state index < -0.39 is 0 Å². The molecule has 1 aliphatic heterocycles. The Kier molecular flexibility index (Phi) is 5.94. The summed E-state index contributed by atoms with van der Waals surface area (Å²) in [6.07, 6.45) is 2.83. The SMILES string of the molecule is Cc1cccc(N2CCN(c3nccc(NCCc4ccccc4)n3)CC2)c1C. The van der Waals surface area contributed by atoms with E-state index in [1.807, 2.05) is 18.3 Å². The predicted octanol–water partition coefficient (Wildman–Crippen LogP) is 4.07. The van der Waals surface area contributed by atoms with Crippen LogP contribution in [-0.4, -0.2) is 42.7 Å². The van der Waals surface area contributed by atoms with Crippen LogP contribution < -0.4 is 15.1 Å². The molecule has 5 nitrogen and oxygen atoms in total. The van der Waals surface area contributed by atoms with Crippen molar-refractivity contribution in [3.05, 3.63) is 77.5 Å². The fraction of sp³-hybridized carbons (Fsp3) is 0.333. The van der Waals surface area contributed by atoms with Gasteiger partial charge in [0.25, 0.3) is 0 Å². The number of piperazine rings is 1. The zero-order valence-corrected chi connectivity index (χ0v) is 17.3. The zero-order chi connectivity index (χ0) is 20.1. The highest BCUT2D eigenvalue weighted by Crippen LogP contribution is 2.24. The first-order valence-corrected chi connectivity index (χ1v) is 10.4. The van der Waals surface area contributed by atoms with E-state index >= 15 is 0 Å². The lowest BCUT2D eigenvalue weighted by Crippen LogP contribution is -2.47. The lowest BCUT2D eigenvalue weighted by molar-refractivity contribution is 0.639. The van der Waals surface area contributed by atoms with Gasteiger partial charge >= 0.3 is 0 Å². The van der Waals surface area contributed by atoms with Gasteiger partial charge in [-0.15, -0.1) is 0 Å². The molecule has 1 aromatic heterocycles. The number of anilines is 3. The van der Waals surface area contributed by atoms with Crippen LogP contribution >= 0.6 is 0 Å². The molecule has 0 bridgehead atoms. The van der Waals surface area contributed by atoms with Crippen molar-refractivity contribution in [2.75, 3.05) is 47.8 Å². The first-order chi connectivity index (χ1) is 14.2. The minimum atomic E-state index is 0.815. The van der Waals surface area contributed by atoms with Crippen molar-refractivity contribution in [2.24, 2.45) is 0 Å². The van der Waals surface area contributed by atoms with Gasteiger partial charge in [-0.05, 0) is 49.1 Å². The van der Waals surface area contributed by atoms with Crippen molar-refractivity contribution < 1.29 is 0 Å². The smallest absolute Gasteiger partial charge is 0.227 e. The molecule has 0 amide bonds. The highest BCUT2D eigenvalue weighted by atomic mass is 15.3. The summed E-state index contributed by atoms with van der Waals surface area (Å²) in [5, 5.41) is 3.43. The van der Waals surface area contributed by atoms with Gasteiger partial charge in [-0.2, -0.15) is 4.98 Å². The van der Waals surface area contributed by atoms with Gasteiger partial charge in [0.1, 0.15) is 5.82 Å². The van der Waals surface area contributed by atoms with E-state index in [0.29, 0.717) is 0 Å². The Morgan fingerprint density at radius 3 is 2.41 bits per heavy atom. The molecule has 5 heteroatoms. The number of benzene rings is 2. The molecule has 0 atom stereocenters. The third-order valence-corrected chi connectivity index (χ3v) is 5.68. The van der Waals surface area contributed by atoms with Crippen LogP contribution in [0.1, 0.15) is 16.7 Å². The maximum Gasteiger partial charge on any atom is 0.227 e. The molecule has 0 radical (unpaired) electrons. The highest BCUT2D eigenvalue weighted by molar-refractivity contribution is 5.57. The molecule has 3 aromatic rings. The van der Waals surface area contributed by atoms with Gasteiger partial charge in [0.2, 0.25) is 5.95 Å². The molecule has 150 valence electrons. The van der Waals surface area contributed by atoms with E-state index in [9.17, 15) is 0 Å². The second-order valence-electron chi connectivity index (χ2n) is 7.60. The quantitative estimate of drug-likeness (QED) is 0.691. The van der Waals surface area contributed by atoms with Gasteiger partial charge in [0.15, 0.2) is 0 Å². The second-order valence-corrected chi connectivity index (χ2v) is 7.60. The average Bonchev–Trinajstić information content (AvgIpc) is 2.77. The first-order valence-electron chi connectivity index (χ1n) is 10.4. The molecule has 2 heterocycles. The van der Waals surface area contributed by atoms with Gasteiger partial charge in [0, 0.05) is 44.6 Å². The zero-order valence-electron chi connectivity index (χ0n) is 17.3. The van der Waals surface area contributed by atoms with E-state index in [1.165, 1.54) is 22.4 Å². The summed E-state index contributed by atoms with van der Waals surface area (Å²) in [7, 11) is 0. The lowest BCUT2D eigenvalue weighted by atomic mass is 10.1. The van der Waals surface area contributed by atoms with Crippen LogP contribution in [-0.2, 0) is 6.42 Å². The van der Waals surface area contributed by atoms with Crippen LogP contribution in [0.4, 0.5) is 17.5 Å². The van der Waals surface area contributed by atoms with E-state index in [2.05, 4.69) is 76.4 Å². The molecule has 0 saturated carbocycles. The summed E-state index contributed by atoms with van der Waals surface area (Å²) < 4.78 is 0. The number of aryl methyl sites for hydroxylation is 1. The average molecular weight is 388 g/mol. The second kappa shape index (κ2) is 8.95. The summed E-state index contributed by atoms with van der Waals surface area (Å²) >= 11 is 0.